The van der Waals surface area contributed by atoms with Gasteiger partial charge in [-0.25, -0.2) is 4.79 Å². The summed E-state index contributed by atoms with van der Waals surface area (Å²) in [5.74, 6) is 0.675. The Morgan fingerprint density at radius 2 is 1.53 bits per heavy atom. The molecule has 4 aromatic rings. The molecule has 6 nitrogen and oxygen atoms in total. The van der Waals surface area contributed by atoms with Crippen molar-refractivity contribution in [2.75, 3.05) is 14.2 Å². The average Bonchev–Trinajstić information content (AvgIpc) is 2.79. The maximum absolute atomic E-state index is 13.0. The molecule has 0 saturated carbocycles. The number of ether oxygens (including phenoxy) is 3. The highest BCUT2D eigenvalue weighted by molar-refractivity contribution is 5.94. The van der Waals surface area contributed by atoms with Crippen LogP contribution in [0.4, 0.5) is 0 Å². The van der Waals surface area contributed by atoms with Gasteiger partial charge in [0.15, 0.2) is 0 Å². The summed E-state index contributed by atoms with van der Waals surface area (Å²) >= 11 is 0. The summed E-state index contributed by atoms with van der Waals surface area (Å²) in [6.45, 7) is 0. The highest BCUT2D eigenvalue weighted by atomic mass is 16.5. The number of hydrogen-bond donors (Lipinski definition) is 0. The third-order valence-electron chi connectivity index (χ3n) is 4.68. The first-order valence-corrected chi connectivity index (χ1v) is 9.16. The number of rotatable bonds is 5. The Kier molecular flexibility index (Phi) is 5.22. The lowest BCUT2D eigenvalue weighted by molar-refractivity contribution is 0.0731. The number of esters is 1. The van der Waals surface area contributed by atoms with Crippen LogP contribution in [0.5, 0.6) is 17.2 Å². The zero-order valence-electron chi connectivity index (χ0n) is 16.4. The molecular formula is C24H18O6. The van der Waals surface area contributed by atoms with Crippen LogP contribution in [0, 0.1) is 0 Å². The van der Waals surface area contributed by atoms with Gasteiger partial charge in [0.1, 0.15) is 34.7 Å². The predicted molar refractivity (Wildman–Crippen MR) is 112 cm³/mol. The molecule has 3 aromatic carbocycles. The summed E-state index contributed by atoms with van der Waals surface area (Å²) in [6.07, 6.45) is 1.38. The molecule has 1 heterocycles. The van der Waals surface area contributed by atoms with E-state index in [2.05, 4.69) is 0 Å². The molecular weight excluding hydrogens is 384 g/mol. The van der Waals surface area contributed by atoms with Crippen molar-refractivity contribution in [1.29, 1.82) is 0 Å². The SMILES string of the molecule is COc1ccccc1C(=O)Oc1ccc2c(=O)c(-c3ccccc3OC)coc2c1. The second kappa shape index (κ2) is 8.13. The molecule has 0 amide bonds. The Balaban J connectivity index is 1.69. The van der Waals surface area contributed by atoms with Gasteiger partial charge in [0.05, 0.1) is 25.2 Å². The van der Waals surface area contributed by atoms with Gasteiger partial charge in [0, 0.05) is 11.6 Å². The van der Waals surface area contributed by atoms with Gasteiger partial charge in [0.2, 0.25) is 5.43 Å². The molecule has 0 atom stereocenters. The van der Waals surface area contributed by atoms with Crippen LogP contribution in [0.3, 0.4) is 0 Å². The van der Waals surface area contributed by atoms with Gasteiger partial charge in [0.25, 0.3) is 0 Å². The number of carbonyl (C=O) groups excluding carboxylic acids is 1. The van der Waals surface area contributed by atoms with Crippen molar-refractivity contribution >= 4 is 16.9 Å². The minimum atomic E-state index is -0.570. The maximum Gasteiger partial charge on any atom is 0.347 e. The van der Waals surface area contributed by atoms with Crippen LogP contribution in [-0.4, -0.2) is 20.2 Å². The highest BCUT2D eigenvalue weighted by Crippen LogP contribution is 2.30. The van der Waals surface area contributed by atoms with Crippen LogP contribution in [0.25, 0.3) is 22.1 Å². The summed E-state index contributed by atoms with van der Waals surface area (Å²) in [5.41, 5.74) is 1.43. The molecule has 150 valence electrons. The number of benzene rings is 3. The van der Waals surface area contributed by atoms with Crippen LogP contribution in [0.2, 0.25) is 0 Å². The third kappa shape index (κ3) is 3.51. The Bertz CT molecular complexity index is 1290. The molecule has 0 unspecified atom stereocenters. The van der Waals surface area contributed by atoms with Crippen molar-refractivity contribution in [2.24, 2.45) is 0 Å². The number of para-hydroxylation sites is 2. The van der Waals surface area contributed by atoms with Crippen molar-refractivity contribution in [3.8, 4) is 28.4 Å². The Hall–Kier alpha value is -4.06. The fourth-order valence-corrected chi connectivity index (χ4v) is 3.20. The molecule has 0 radical (unpaired) electrons. The van der Waals surface area contributed by atoms with E-state index in [-0.39, 0.29) is 11.2 Å². The van der Waals surface area contributed by atoms with E-state index >= 15 is 0 Å². The van der Waals surface area contributed by atoms with Crippen LogP contribution in [-0.2, 0) is 0 Å². The number of hydrogen-bond acceptors (Lipinski definition) is 6. The van der Waals surface area contributed by atoms with Crippen molar-refractivity contribution in [2.45, 2.75) is 0 Å². The molecule has 0 spiro atoms. The van der Waals surface area contributed by atoms with Gasteiger partial charge in [-0.05, 0) is 30.3 Å². The molecule has 0 aliphatic carbocycles. The molecule has 0 fully saturated rings. The molecule has 1 aromatic heterocycles. The van der Waals surface area contributed by atoms with Crippen molar-refractivity contribution < 1.29 is 23.4 Å². The standard InChI is InChI=1S/C24H18O6/c1-27-20-9-5-3-7-16(20)19-14-29-22-13-15(11-12-17(22)23(19)25)30-24(26)18-8-4-6-10-21(18)28-2/h3-14H,1-2H3. The van der Waals surface area contributed by atoms with E-state index in [4.69, 9.17) is 18.6 Å². The molecule has 4 rings (SSSR count). The lowest BCUT2D eigenvalue weighted by atomic mass is 10.0. The Morgan fingerprint density at radius 1 is 0.833 bits per heavy atom. The minimum Gasteiger partial charge on any atom is -0.496 e. The molecule has 0 aliphatic rings. The molecule has 30 heavy (non-hydrogen) atoms. The van der Waals surface area contributed by atoms with Gasteiger partial charge < -0.3 is 18.6 Å². The molecule has 0 aliphatic heterocycles. The van der Waals surface area contributed by atoms with Crippen LogP contribution >= 0.6 is 0 Å². The van der Waals surface area contributed by atoms with Crippen LogP contribution in [0.1, 0.15) is 10.4 Å². The first kappa shape index (κ1) is 19.3. The first-order valence-electron chi connectivity index (χ1n) is 9.16. The number of fused-ring (bicyclic) bond motifs is 1. The van der Waals surface area contributed by atoms with Gasteiger partial charge in [-0.15, -0.1) is 0 Å². The fraction of sp³-hybridized carbons (Fsp3) is 0.0833. The van der Waals surface area contributed by atoms with Crippen LogP contribution in [0.15, 0.2) is 82.2 Å². The number of carbonyl (C=O) groups is 1. The first-order chi connectivity index (χ1) is 14.6. The van der Waals surface area contributed by atoms with E-state index in [9.17, 15) is 9.59 Å². The van der Waals surface area contributed by atoms with Crippen LogP contribution < -0.4 is 19.6 Å². The maximum atomic E-state index is 13.0. The van der Waals surface area contributed by atoms with Gasteiger partial charge in [-0.1, -0.05) is 30.3 Å². The van der Waals surface area contributed by atoms with E-state index in [0.717, 1.165) is 0 Å². The van der Waals surface area contributed by atoms with E-state index in [1.807, 2.05) is 12.1 Å². The average molecular weight is 402 g/mol. The normalized spacial score (nSPS) is 10.6. The Morgan fingerprint density at radius 3 is 2.30 bits per heavy atom. The summed E-state index contributed by atoms with van der Waals surface area (Å²) in [4.78, 5) is 25.5. The second-order valence-electron chi connectivity index (χ2n) is 6.43. The van der Waals surface area contributed by atoms with Crippen molar-refractivity contribution in [3.63, 3.8) is 0 Å². The monoisotopic (exact) mass is 402 g/mol. The van der Waals surface area contributed by atoms with E-state index < -0.39 is 5.97 Å². The number of methoxy groups -OCH3 is 2. The zero-order valence-corrected chi connectivity index (χ0v) is 16.4. The smallest absolute Gasteiger partial charge is 0.347 e. The molecule has 6 heteroatoms. The van der Waals surface area contributed by atoms with Crippen molar-refractivity contribution in [1.82, 2.24) is 0 Å². The molecule has 0 saturated heterocycles. The quantitative estimate of drug-likeness (QED) is 0.356. The predicted octanol–water partition coefficient (Wildman–Crippen LogP) is 4.70. The topological polar surface area (TPSA) is 75.0 Å². The lowest BCUT2D eigenvalue weighted by Crippen LogP contribution is -2.10. The zero-order chi connectivity index (χ0) is 21.1. The van der Waals surface area contributed by atoms with E-state index in [1.165, 1.54) is 19.4 Å². The molecule has 0 N–H and O–H groups in total. The van der Waals surface area contributed by atoms with Gasteiger partial charge >= 0.3 is 5.97 Å². The van der Waals surface area contributed by atoms with Gasteiger partial charge in [-0.3, -0.25) is 4.79 Å². The Labute approximate surface area is 172 Å². The fourth-order valence-electron chi connectivity index (χ4n) is 3.20. The summed E-state index contributed by atoms with van der Waals surface area (Å²) in [7, 11) is 3.03. The minimum absolute atomic E-state index is 0.205. The van der Waals surface area contributed by atoms with Gasteiger partial charge in [-0.2, -0.15) is 0 Å². The summed E-state index contributed by atoms with van der Waals surface area (Å²) in [5, 5.41) is 0.371. The van der Waals surface area contributed by atoms with E-state index in [0.29, 0.717) is 39.2 Å². The van der Waals surface area contributed by atoms with Crippen molar-refractivity contribution in [3.05, 3.63) is 88.8 Å². The largest absolute Gasteiger partial charge is 0.496 e. The summed E-state index contributed by atoms with van der Waals surface area (Å²) in [6, 6.07) is 18.6. The lowest BCUT2D eigenvalue weighted by Gasteiger charge is -2.10. The highest BCUT2D eigenvalue weighted by Gasteiger charge is 2.16. The third-order valence-corrected chi connectivity index (χ3v) is 4.68. The summed E-state index contributed by atoms with van der Waals surface area (Å²) < 4.78 is 21.7. The van der Waals surface area contributed by atoms with E-state index in [1.54, 1.807) is 55.6 Å². The second-order valence-corrected chi connectivity index (χ2v) is 6.43. The molecule has 0 bridgehead atoms.